The largest absolute Gasteiger partial charge is 0.462 e. The van der Waals surface area contributed by atoms with Crippen LogP contribution in [0, 0.1) is 0 Å². The summed E-state index contributed by atoms with van der Waals surface area (Å²) in [4.78, 5) is 23.1. The SMILES string of the molecule is CCOC(=O)c1ccc(C(=O)CC)cc1CCl. The number of carbonyl (C=O) groups excluding carboxylic acids is 2. The molecule has 0 radical (unpaired) electrons. The van der Waals surface area contributed by atoms with Crippen LogP contribution in [0.25, 0.3) is 0 Å². The van der Waals surface area contributed by atoms with E-state index in [0.29, 0.717) is 29.7 Å². The van der Waals surface area contributed by atoms with Gasteiger partial charge in [-0.15, -0.1) is 11.6 Å². The van der Waals surface area contributed by atoms with Crippen LogP contribution in [0.2, 0.25) is 0 Å². The van der Waals surface area contributed by atoms with Gasteiger partial charge in [-0.3, -0.25) is 4.79 Å². The molecule has 0 N–H and O–H groups in total. The molecular weight excluding hydrogens is 240 g/mol. The molecular formula is C13H15ClO3. The number of benzene rings is 1. The fourth-order valence-electron chi connectivity index (χ4n) is 1.49. The van der Waals surface area contributed by atoms with Gasteiger partial charge in [0.25, 0.3) is 0 Å². The van der Waals surface area contributed by atoms with E-state index in [1.165, 1.54) is 0 Å². The van der Waals surface area contributed by atoms with Gasteiger partial charge >= 0.3 is 5.97 Å². The fourth-order valence-corrected chi connectivity index (χ4v) is 1.71. The van der Waals surface area contributed by atoms with E-state index in [1.807, 2.05) is 0 Å². The number of alkyl halides is 1. The van der Waals surface area contributed by atoms with Crippen LogP contribution >= 0.6 is 11.6 Å². The van der Waals surface area contributed by atoms with E-state index >= 15 is 0 Å². The monoisotopic (exact) mass is 254 g/mol. The molecule has 1 aromatic carbocycles. The van der Waals surface area contributed by atoms with E-state index in [-0.39, 0.29) is 11.7 Å². The number of esters is 1. The predicted octanol–water partition coefficient (Wildman–Crippen LogP) is 3.19. The smallest absolute Gasteiger partial charge is 0.338 e. The van der Waals surface area contributed by atoms with Gasteiger partial charge in [-0.05, 0) is 24.6 Å². The standard InChI is InChI=1S/C13H15ClO3/c1-3-12(15)9-5-6-11(10(7-9)8-14)13(16)17-4-2/h5-7H,3-4,8H2,1-2H3. The van der Waals surface area contributed by atoms with Gasteiger partial charge < -0.3 is 4.74 Å². The Morgan fingerprint density at radius 2 is 2.00 bits per heavy atom. The van der Waals surface area contributed by atoms with Gasteiger partial charge in [-0.25, -0.2) is 4.79 Å². The highest BCUT2D eigenvalue weighted by Gasteiger charge is 2.14. The molecule has 1 aromatic rings. The number of rotatable bonds is 5. The second kappa shape index (κ2) is 6.40. The van der Waals surface area contributed by atoms with Crippen molar-refractivity contribution in [2.75, 3.05) is 6.61 Å². The zero-order valence-electron chi connectivity index (χ0n) is 9.96. The number of hydrogen-bond acceptors (Lipinski definition) is 3. The first-order valence-corrected chi connectivity index (χ1v) is 6.06. The van der Waals surface area contributed by atoms with Crippen molar-refractivity contribution < 1.29 is 14.3 Å². The van der Waals surface area contributed by atoms with Crippen molar-refractivity contribution in [1.29, 1.82) is 0 Å². The minimum atomic E-state index is -0.404. The number of halogens is 1. The molecule has 0 fully saturated rings. The van der Waals surface area contributed by atoms with E-state index in [0.717, 1.165) is 0 Å². The van der Waals surface area contributed by atoms with Crippen LogP contribution in [0.1, 0.15) is 46.5 Å². The molecule has 4 heteroatoms. The third kappa shape index (κ3) is 3.30. The van der Waals surface area contributed by atoms with Gasteiger partial charge in [-0.1, -0.05) is 13.0 Å². The number of carbonyl (C=O) groups is 2. The third-order valence-corrected chi connectivity index (χ3v) is 2.68. The molecule has 0 aliphatic rings. The number of Topliss-reactive ketones (excluding diaryl/α,β-unsaturated/α-hetero) is 1. The van der Waals surface area contributed by atoms with Gasteiger partial charge in [0.2, 0.25) is 0 Å². The van der Waals surface area contributed by atoms with Gasteiger partial charge in [-0.2, -0.15) is 0 Å². The summed E-state index contributed by atoms with van der Waals surface area (Å²) in [5, 5.41) is 0. The Labute approximate surface area is 106 Å². The highest BCUT2D eigenvalue weighted by Crippen LogP contribution is 2.17. The van der Waals surface area contributed by atoms with Crippen LogP contribution in [0.4, 0.5) is 0 Å². The van der Waals surface area contributed by atoms with E-state index in [9.17, 15) is 9.59 Å². The molecule has 0 bridgehead atoms. The highest BCUT2D eigenvalue weighted by molar-refractivity contribution is 6.17. The van der Waals surface area contributed by atoms with Crippen LogP contribution in [0.3, 0.4) is 0 Å². The zero-order chi connectivity index (χ0) is 12.8. The molecule has 17 heavy (non-hydrogen) atoms. The van der Waals surface area contributed by atoms with Gasteiger partial charge in [0, 0.05) is 17.9 Å². The maximum Gasteiger partial charge on any atom is 0.338 e. The molecule has 1 rings (SSSR count). The summed E-state index contributed by atoms with van der Waals surface area (Å²) in [6.45, 7) is 3.85. The zero-order valence-corrected chi connectivity index (χ0v) is 10.7. The van der Waals surface area contributed by atoms with Crippen LogP contribution < -0.4 is 0 Å². The summed E-state index contributed by atoms with van der Waals surface area (Å²) >= 11 is 5.78. The molecule has 0 saturated carbocycles. The summed E-state index contributed by atoms with van der Waals surface area (Å²) in [6, 6.07) is 4.89. The van der Waals surface area contributed by atoms with E-state index in [4.69, 9.17) is 16.3 Å². The molecule has 0 spiro atoms. The van der Waals surface area contributed by atoms with E-state index in [2.05, 4.69) is 0 Å². The van der Waals surface area contributed by atoms with Crippen molar-refractivity contribution in [3.63, 3.8) is 0 Å². The Hall–Kier alpha value is -1.35. The normalized spacial score (nSPS) is 10.1. The lowest BCUT2D eigenvalue weighted by atomic mass is 10.0. The van der Waals surface area contributed by atoms with Gasteiger partial charge in [0.15, 0.2) is 5.78 Å². The lowest BCUT2D eigenvalue weighted by molar-refractivity contribution is 0.0525. The lowest BCUT2D eigenvalue weighted by Crippen LogP contribution is -2.09. The summed E-state index contributed by atoms with van der Waals surface area (Å²) in [5.41, 5.74) is 1.63. The summed E-state index contributed by atoms with van der Waals surface area (Å²) < 4.78 is 4.91. The Balaban J connectivity index is 3.09. The summed E-state index contributed by atoms with van der Waals surface area (Å²) in [7, 11) is 0. The Bertz CT molecular complexity index is 427. The van der Waals surface area contributed by atoms with Crippen molar-refractivity contribution in [1.82, 2.24) is 0 Å². The van der Waals surface area contributed by atoms with Crippen molar-refractivity contribution in [3.05, 3.63) is 34.9 Å². The van der Waals surface area contributed by atoms with Crippen LogP contribution in [-0.4, -0.2) is 18.4 Å². The van der Waals surface area contributed by atoms with Crippen molar-refractivity contribution in [2.24, 2.45) is 0 Å². The Morgan fingerprint density at radius 3 is 2.53 bits per heavy atom. The predicted molar refractivity (Wildman–Crippen MR) is 66.6 cm³/mol. The number of ether oxygens (including phenoxy) is 1. The van der Waals surface area contributed by atoms with Crippen molar-refractivity contribution in [3.8, 4) is 0 Å². The van der Waals surface area contributed by atoms with E-state index < -0.39 is 5.97 Å². The highest BCUT2D eigenvalue weighted by atomic mass is 35.5. The molecule has 3 nitrogen and oxygen atoms in total. The van der Waals surface area contributed by atoms with E-state index in [1.54, 1.807) is 32.0 Å². The molecule has 0 unspecified atom stereocenters. The van der Waals surface area contributed by atoms with Crippen LogP contribution in [0.5, 0.6) is 0 Å². The lowest BCUT2D eigenvalue weighted by Gasteiger charge is -2.08. The average molecular weight is 255 g/mol. The first-order valence-electron chi connectivity index (χ1n) is 5.53. The molecule has 0 atom stereocenters. The molecule has 0 aromatic heterocycles. The third-order valence-electron chi connectivity index (χ3n) is 2.39. The van der Waals surface area contributed by atoms with Crippen LogP contribution in [-0.2, 0) is 10.6 Å². The van der Waals surface area contributed by atoms with Crippen molar-refractivity contribution in [2.45, 2.75) is 26.1 Å². The van der Waals surface area contributed by atoms with Crippen molar-refractivity contribution >= 4 is 23.4 Å². The minimum absolute atomic E-state index is 0.0341. The molecule has 0 heterocycles. The minimum Gasteiger partial charge on any atom is -0.462 e. The maximum absolute atomic E-state index is 11.6. The summed E-state index contributed by atoms with van der Waals surface area (Å²) in [5.74, 6) is -0.190. The molecule has 0 aliphatic heterocycles. The second-order valence-electron chi connectivity index (χ2n) is 3.50. The first-order chi connectivity index (χ1) is 8.13. The Morgan fingerprint density at radius 1 is 1.29 bits per heavy atom. The van der Waals surface area contributed by atoms with Crippen LogP contribution in [0.15, 0.2) is 18.2 Å². The summed E-state index contributed by atoms with van der Waals surface area (Å²) in [6.07, 6.45) is 0.431. The molecule has 0 saturated heterocycles. The average Bonchev–Trinajstić information content (AvgIpc) is 2.37. The number of hydrogen-bond donors (Lipinski definition) is 0. The maximum atomic E-state index is 11.6. The Kier molecular flexibility index (Phi) is 5.16. The molecule has 0 amide bonds. The second-order valence-corrected chi connectivity index (χ2v) is 3.77. The van der Waals surface area contributed by atoms with Gasteiger partial charge in [0.1, 0.15) is 0 Å². The quantitative estimate of drug-likeness (QED) is 0.460. The fraction of sp³-hybridized carbons (Fsp3) is 0.385. The first kappa shape index (κ1) is 13.7. The topological polar surface area (TPSA) is 43.4 Å². The molecule has 0 aliphatic carbocycles. The van der Waals surface area contributed by atoms with Gasteiger partial charge in [0.05, 0.1) is 12.2 Å². The number of ketones is 1. The molecule has 92 valence electrons.